The lowest BCUT2D eigenvalue weighted by molar-refractivity contribution is -0.139. The molecule has 1 aliphatic carbocycles. The molecule has 37 heavy (non-hydrogen) atoms. The second-order valence-corrected chi connectivity index (χ2v) is 12.2. The Morgan fingerprint density at radius 3 is 2.35 bits per heavy atom. The summed E-state index contributed by atoms with van der Waals surface area (Å²) in [4.78, 5) is 28.2. The number of halogens is 3. The Labute approximate surface area is 232 Å². The number of anilines is 1. The standard InChI is InChI=1S/C25H30Cl3N3O5S/c1-16(25(33)29-18-8-4-5-9-18)30(14-17-7-6-10-19(11-17)36-2)24(32)15-31(37(3,34)35)23-13-21(27)20(26)12-22(23)28/h6-7,10-13,16,18H,4-5,8-9,14-15H2,1-3H3,(H,29,33). The molecule has 2 amide bonds. The van der Waals surface area contributed by atoms with Gasteiger partial charge in [-0.3, -0.25) is 13.9 Å². The molecule has 2 aromatic carbocycles. The van der Waals surface area contributed by atoms with Crippen LogP contribution in [0.3, 0.4) is 0 Å². The molecule has 1 N–H and O–H groups in total. The monoisotopic (exact) mass is 589 g/mol. The van der Waals surface area contributed by atoms with E-state index in [1.807, 2.05) is 0 Å². The van der Waals surface area contributed by atoms with Crippen molar-refractivity contribution in [3.8, 4) is 5.75 Å². The maximum atomic E-state index is 13.7. The number of carbonyl (C=O) groups excluding carboxylic acids is 2. The van der Waals surface area contributed by atoms with Gasteiger partial charge in [0.25, 0.3) is 0 Å². The average molecular weight is 591 g/mol. The summed E-state index contributed by atoms with van der Waals surface area (Å²) in [7, 11) is -2.44. The molecule has 8 nitrogen and oxygen atoms in total. The minimum Gasteiger partial charge on any atom is -0.497 e. The SMILES string of the molecule is COc1cccc(CN(C(=O)CN(c2cc(Cl)c(Cl)cc2Cl)S(C)(=O)=O)C(C)C(=O)NC2CCCC2)c1. The van der Waals surface area contributed by atoms with Crippen LogP contribution in [0.5, 0.6) is 5.75 Å². The van der Waals surface area contributed by atoms with E-state index in [0.717, 1.165) is 36.2 Å². The van der Waals surface area contributed by atoms with Crippen LogP contribution in [0, 0.1) is 0 Å². The molecule has 1 unspecified atom stereocenters. The van der Waals surface area contributed by atoms with Gasteiger partial charge in [0.1, 0.15) is 18.3 Å². The lowest BCUT2D eigenvalue weighted by atomic mass is 10.1. The van der Waals surface area contributed by atoms with Crippen LogP contribution < -0.4 is 14.4 Å². The van der Waals surface area contributed by atoms with Gasteiger partial charge >= 0.3 is 0 Å². The van der Waals surface area contributed by atoms with Crippen LogP contribution in [0.1, 0.15) is 38.2 Å². The molecule has 1 atom stereocenters. The van der Waals surface area contributed by atoms with Crippen molar-refractivity contribution >= 4 is 62.3 Å². The van der Waals surface area contributed by atoms with Crippen LogP contribution >= 0.6 is 34.8 Å². The van der Waals surface area contributed by atoms with Gasteiger partial charge in [-0.05, 0) is 49.6 Å². The topological polar surface area (TPSA) is 96.0 Å². The van der Waals surface area contributed by atoms with Crippen molar-refractivity contribution in [1.82, 2.24) is 10.2 Å². The normalized spacial score (nSPS) is 14.8. The lowest BCUT2D eigenvalue weighted by Gasteiger charge is -2.32. The van der Waals surface area contributed by atoms with Crippen LogP contribution in [0.4, 0.5) is 5.69 Å². The molecular weight excluding hydrogens is 561 g/mol. The molecule has 12 heteroatoms. The summed E-state index contributed by atoms with van der Waals surface area (Å²) >= 11 is 18.4. The van der Waals surface area contributed by atoms with E-state index in [0.29, 0.717) is 11.3 Å². The Balaban J connectivity index is 1.94. The summed E-state index contributed by atoms with van der Waals surface area (Å²) in [5.74, 6) is -0.306. The first-order valence-corrected chi connectivity index (χ1v) is 14.7. The van der Waals surface area contributed by atoms with E-state index in [-0.39, 0.29) is 39.2 Å². The number of rotatable bonds is 10. The highest BCUT2D eigenvalue weighted by Gasteiger charge is 2.32. The fraction of sp³-hybridized carbons (Fsp3) is 0.440. The highest BCUT2D eigenvalue weighted by molar-refractivity contribution is 7.92. The minimum absolute atomic E-state index is 0.0105. The summed E-state index contributed by atoms with van der Waals surface area (Å²) in [5, 5.41) is 3.26. The Morgan fingerprint density at radius 2 is 1.73 bits per heavy atom. The Morgan fingerprint density at radius 1 is 1.08 bits per heavy atom. The van der Waals surface area contributed by atoms with Gasteiger partial charge in [-0.2, -0.15) is 0 Å². The molecule has 0 aliphatic heterocycles. The molecule has 0 heterocycles. The number of ether oxygens (including phenoxy) is 1. The van der Waals surface area contributed by atoms with E-state index in [9.17, 15) is 18.0 Å². The van der Waals surface area contributed by atoms with E-state index in [1.54, 1.807) is 31.2 Å². The zero-order valence-corrected chi connectivity index (χ0v) is 23.9. The van der Waals surface area contributed by atoms with E-state index < -0.39 is 28.5 Å². The molecule has 0 bridgehead atoms. The van der Waals surface area contributed by atoms with Gasteiger partial charge < -0.3 is 15.0 Å². The quantitative estimate of drug-likeness (QED) is 0.397. The number of hydrogen-bond acceptors (Lipinski definition) is 5. The number of amides is 2. The van der Waals surface area contributed by atoms with Crippen LogP contribution in [0.15, 0.2) is 36.4 Å². The van der Waals surface area contributed by atoms with Crippen molar-refractivity contribution in [2.24, 2.45) is 0 Å². The van der Waals surface area contributed by atoms with Gasteiger partial charge in [-0.15, -0.1) is 0 Å². The van der Waals surface area contributed by atoms with Gasteiger partial charge in [0, 0.05) is 12.6 Å². The van der Waals surface area contributed by atoms with E-state index >= 15 is 0 Å². The number of nitrogens with zero attached hydrogens (tertiary/aromatic N) is 2. The van der Waals surface area contributed by atoms with Crippen molar-refractivity contribution in [3.63, 3.8) is 0 Å². The third kappa shape index (κ3) is 7.66. The molecule has 2 aromatic rings. The highest BCUT2D eigenvalue weighted by Crippen LogP contribution is 2.35. The van der Waals surface area contributed by atoms with Crippen molar-refractivity contribution in [2.75, 3.05) is 24.2 Å². The predicted octanol–water partition coefficient (Wildman–Crippen LogP) is 4.90. The Hall–Kier alpha value is -2.20. The van der Waals surface area contributed by atoms with Crippen molar-refractivity contribution in [3.05, 3.63) is 57.0 Å². The first kappa shape index (κ1) is 29.4. The molecule has 0 aromatic heterocycles. The third-order valence-corrected chi connectivity index (χ3v) is 8.44. The van der Waals surface area contributed by atoms with Crippen molar-refractivity contribution in [2.45, 2.75) is 51.2 Å². The van der Waals surface area contributed by atoms with Gasteiger partial charge in [0.05, 0.1) is 34.1 Å². The molecule has 1 aliphatic rings. The number of methoxy groups -OCH3 is 1. The number of benzene rings is 2. The highest BCUT2D eigenvalue weighted by atomic mass is 35.5. The molecule has 0 saturated heterocycles. The maximum Gasteiger partial charge on any atom is 0.244 e. The zero-order valence-electron chi connectivity index (χ0n) is 20.8. The number of hydrogen-bond donors (Lipinski definition) is 1. The van der Waals surface area contributed by atoms with Gasteiger partial charge in [0.2, 0.25) is 21.8 Å². The summed E-state index contributed by atoms with van der Waals surface area (Å²) in [6.45, 7) is 1.09. The average Bonchev–Trinajstić information content (AvgIpc) is 3.35. The Kier molecular flexibility index (Phi) is 9.97. The van der Waals surface area contributed by atoms with Crippen molar-refractivity contribution < 1.29 is 22.7 Å². The van der Waals surface area contributed by atoms with Gasteiger partial charge in [-0.25, -0.2) is 8.42 Å². The van der Waals surface area contributed by atoms with Crippen LogP contribution in [0.25, 0.3) is 0 Å². The molecule has 202 valence electrons. The van der Waals surface area contributed by atoms with Crippen LogP contribution in [0.2, 0.25) is 15.1 Å². The second kappa shape index (κ2) is 12.6. The molecule has 1 saturated carbocycles. The van der Waals surface area contributed by atoms with E-state index in [4.69, 9.17) is 39.5 Å². The smallest absolute Gasteiger partial charge is 0.244 e. The molecule has 0 radical (unpaired) electrons. The number of nitrogens with one attached hydrogen (secondary N) is 1. The second-order valence-electron chi connectivity index (χ2n) is 9.03. The Bertz CT molecular complexity index is 1250. The summed E-state index contributed by atoms with van der Waals surface area (Å²) in [6.07, 6.45) is 4.82. The maximum absolute atomic E-state index is 13.7. The molecule has 3 rings (SSSR count). The number of sulfonamides is 1. The first-order chi connectivity index (χ1) is 17.4. The van der Waals surface area contributed by atoms with Crippen LogP contribution in [-0.2, 0) is 26.2 Å². The summed E-state index contributed by atoms with van der Waals surface area (Å²) in [6, 6.07) is 8.90. The molecular formula is C25H30Cl3N3O5S. The number of carbonyl (C=O) groups is 2. The lowest BCUT2D eigenvalue weighted by Crippen LogP contribution is -2.52. The molecule has 0 spiro atoms. The van der Waals surface area contributed by atoms with Crippen LogP contribution in [-0.4, -0.2) is 57.1 Å². The zero-order chi connectivity index (χ0) is 27.3. The van der Waals surface area contributed by atoms with Gasteiger partial charge in [0.15, 0.2) is 0 Å². The van der Waals surface area contributed by atoms with Crippen molar-refractivity contribution in [1.29, 1.82) is 0 Å². The molecule has 1 fully saturated rings. The first-order valence-electron chi connectivity index (χ1n) is 11.8. The summed E-state index contributed by atoms with van der Waals surface area (Å²) in [5.41, 5.74) is 0.725. The van der Waals surface area contributed by atoms with Gasteiger partial charge in [-0.1, -0.05) is 59.8 Å². The summed E-state index contributed by atoms with van der Waals surface area (Å²) < 4.78 is 31.6. The third-order valence-electron chi connectivity index (χ3n) is 6.29. The largest absolute Gasteiger partial charge is 0.497 e. The fourth-order valence-electron chi connectivity index (χ4n) is 4.24. The predicted molar refractivity (Wildman–Crippen MR) is 147 cm³/mol. The minimum atomic E-state index is -3.97. The van der Waals surface area contributed by atoms with E-state index in [2.05, 4.69) is 5.32 Å². The fourth-order valence-corrected chi connectivity index (χ4v) is 5.79. The van der Waals surface area contributed by atoms with E-state index in [1.165, 1.54) is 24.1 Å².